The van der Waals surface area contributed by atoms with Crippen LogP contribution in [0, 0.1) is 0 Å². The minimum Gasteiger partial charge on any atom is -0.496 e. The number of carbonyl (C=O) groups is 1. The third kappa shape index (κ3) is 6.22. The van der Waals surface area contributed by atoms with Crippen molar-refractivity contribution in [2.24, 2.45) is 5.73 Å². The van der Waals surface area contributed by atoms with Gasteiger partial charge in [0.05, 0.1) is 30.1 Å². The van der Waals surface area contributed by atoms with E-state index in [4.69, 9.17) is 15.2 Å². The molecule has 7 heteroatoms. The maximum Gasteiger partial charge on any atom is 0.223 e. The molecule has 0 heterocycles. The predicted octanol–water partition coefficient (Wildman–Crippen LogP) is 2.42. The first kappa shape index (κ1) is 20.2. The Morgan fingerprint density at radius 2 is 2.10 bits per heavy atom. The molecular formula is C14H22BrClN2O3. The fourth-order valence-electron chi connectivity index (χ4n) is 1.81. The summed E-state index contributed by atoms with van der Waals surface area (Å²) in [5.41, 5.74) is 6.49. The second-order valence-electron chi connectivity index (χ2n) is 4.48. The summed E-state index contributed by atoms with van der Waals surface area (Å²) in [5.74, 6) is 0.677. The van der Waals surface area contributed by atoms with Crippen molar-refractivity contribution >= 4 is 34.2 Å². The Morgan fingerprint density at radius 1 is 1.43 bits per heavy atom. The SMILES string of the molecule is COc1ccc(C(C)NC(=O)CC(CN)OC)cc1Br.Cl. The highest BCUT2D eigenvalue weighted by Crippen LogP contribution is 2.27. The zero-order chi connectivity index (χ0) is 15.1. The summed E-state index contributed by atoms with van der Waals surface area (Å²) >= 11 is 3.43. The first-order valence-corrected chi connectivity index (χ1v) is 7.16. The molecule has 2 atom stereocenters. The molecule has 0 aromatic heterocycles. The minimum atomic E-state index is -0.246. The second kappa shape index (κ2) is 10.00. The molecule has 0 aliphatic carbocycles. The van der Waals surface area contributed by atoms with Crippen molar-refractivity contribution < 1.29 is 14.3 Å². The van der Waals surface area contributed by atoms with Crippen molar-refractivity contribution in [1.29, 1.82) is 0 Å². The Morgan fingerprint density at radius 3 is 2.57 bits per heavy atom. The summed E-state index contributed by atoms with van der Waals surface area (Å²) in [5, 5.41) is 2.92. The number of carbonyl (C=O) groups excluding carboxylic acids is 1. The van der Waals surface area contributed by atoms with Crippen LogP contribution in [0.3, 0.4) is 0 Å². The molecule has 0 saturated carbocycles. The Hall–Kier alpha value is -0.820. The number of ether oxygens (including phenoxy) is 2. The molecule has 2 unspecified atom stereocenters. The number of amides is 1. The van der Waals surface area contributed by atoms with E-state index in [0.29, 0.717) is 6.54 Å². The first-order valence-electron chi connectivity index (χ1n) is 6.37. The fraction of sp³-hybridized carbons (Fsp3) is 0.500. The molecular weight excluding hydrogens is 360 g/mol. The standard InChI is InChI=1S/C14H21BrN2O3.ClH/c1-9(17-14(18)7-11(8-16)19-2)10-4-5-13(20-3)12(15)6-10;/h4-6,9,11H,7-8,16H2,1-3H3,(H,17,18);1H. The number of hydrogen-bond donors (Lipinski definition) is 2. The van der Waals surface area contributed by atoms with Gasteiger partial charge in [0.15, 0.2) is 0 Å². The molecule has 3 N–H and O–H groups in total. The smallest absolute Gasteiger partial charge is 0.223 e. The van der Waals surface area contributed by atoms with Crippen LogP contribution in [0.15, 0.2) is 22.7 Å². The van der Waals surface area contributed by atoms with Crippen molar-refractivity contribution in [3.63, 3.8) is 0 Å². The molecule has 0 radical (unpaired) electrons. The van der Waals surface area contributed by atoms with Gasteiger partial charge >= 0.3 is 0 Å². The lowest BCUT2D eigenvalue weighted by Gasteiger charge is -2.18. The van der Waals surface area contributed by atoms with Crippen LogP contribution in [0.1, 0.15) is 24.9 Å². The molecule has 5 nitrogen and oxygen atoms in total. The van der Waals surface area contributed by atoms with E-state index in [0.717, 1.165) is 15.8 Å². The van der Waals surface area contributed by atoms with E-state index in [1.165, 1.54) is 0 Å². The maximum atomic E-state index is 11.9. The number of hydrogen-bond acceptors (Lipinski definition) is 4. The Labute approximate surface area is 140 Å². The van der Waals surface area contributed by atoms with Gasteiger partial charge in [-0.1, -0.05) is 6.07 Å². The molecule has 0 bridgehead atoms. The second-order valence-corrected chi connectivity index (χ2v) is 5.34. The highest BCUT2D eigenvalue weighted by molar-refractivity contribution is 9.10. The van der Waals surface area contributed by atoms with Crippen molar-refractivity contribution in [1.82, 2.24) is 5.32 Å². The Bertz CT molecular complexity index is 456. The van der Waals surface area contributed by atoms with Crippen LogP contribution in [-0.2, 0) is 9.53 Å². The molecule has 1 aromatic rings. The van der Waals surface area contributed by atoms with E-state index in [1.54, 1.807) is 14.2 Å². The molecule has 1 rings (SSSR count). The van der Waals surface area contributed by atoms with Gasteiger partial charge < -0.3 is 20.5 Å². The van der Waals surface area contributed by atoms with Gasteiger partial charge in [0.25, 0.3) is 0 Å². The van der Waals surface area contributed by atoms with Crippen LogP contribution in [0.5, 0.6) is 5.75 Å². The van der Waals surface area contributed by atoms with E-state index < -0.39 is 0 Å². The highest BCUT2D eigenvalue weighted by atomic mass is 79.9. The summed E-state index contributed by atoms with van der Waals surface area (Å²) in [6.45, 7) is 2.25. The van der Waals surface area contributed by atoms with Crippen LogP contribution in [0.2, 0.25) is 0 Å². The van der Waals surface area contributed by atoms with E-state index in [1.807, 2.05) is 25.1 Å². The molecule has 1 amide bonds. The third-order valence-corrected chi connectivity index (χ3v) is 3.68. The average molecular weight is 382 g/mol. The molecule has 0 aliphatic rings. The molecule has 0 saturated heterocycles. The number of benzene rings is 1. The van der Waals surface area contributed by atoms with Gasteiger partial charge in [0.2, 0.25) is 5.91 Å². The van der Waals surface area contributed by atoms with Crippen LogP contribution >= 0.6 is 28.3 Å². The van der Waals surface area contributed by atoms with Crippen molar-refractivity contribution in [2.75, 3.05) is 20.8 Å². The molecule has 0 fully saturated rings. The van der Waals surface area contributed by atoms with Crippen LogP contribution in [-0.4, -0.2) is 32.8 Å². The van der Waals surface area contributed by atoms with Crippen LogP contribution in [0.25, 0.3) is 0 Å². The van der Waals surface area contributed by atoms with Crippen molar-refractivity contribution in [2.45, 2.75) is 25.5 Å². The van der Waals surface area contributed by atoms with Gasteiger partial charge in [0, 0.05) is 13.7 Å². The summed E-state index contributed by atoms with van der Waals surface area (Å²) < 4.78 is 11.1. The molecule has 120 valence electrons. The van der Waals surface area contributed by atoms with E-state index in [9.17, 15) is 4.79 Å². The number of rotatable bonds is 7. The number of methoxy groups -OCH3 is 2. The summed E-state index contributed by atoms with van der Waals surface area (Å²) in [4.78, 5) is 11.9. The lowest BCUT2D eigenvalue weighted by Crippen LogP contribution is -2.33. The number of halogens is 2. The first-order chi connectivity index (χ1) is 9.51. The van der Waals surface area contributed by atoms with Gasteiger partial charge in [0.1, 0.15) is 5.75 Å². The Kier molecular flexibility index (Phi) is 9.61. The summed E-state index contributed by atoms with van der Waals surface area (Å²) in [6, 6.07) is 5.62. The predicted molar refractivity (Wildman–Crippen MR) is 89.0 cm³/mol. The largest absolute Gasteiger partial charge is 0.496 e. The van der Waals surface area contributed by atoms with Crippen molar-refractivity contribution in [3.8, 4) is 5.75 Å². The van der Waals surface area contributed by atoms with Crippen LogP contribution in [0.4, 0.5) is 0 Å². The highest BCUT2D eigenvalue weighted by Gasteiger charge is 2.15. The Balaban J connectivity index is 0.00000400. The third-order valence-electron chi connectivity index (χ3n) is 3.06. The summed E-state index contributed by atoms with van der Waals surface area (Å²) in [7, 11) is 3.16. The van der Waals surface area contributed by atoms with Crippen molar-refractivity contribution in [3.05, 3.63) is 28.2 Å². The van der Waals surface area contributed by atoms with E-state index in [-0.39, 0.29) is 36.9 Å². The zero-order valence-electron chi connectivity index (χ0n) is 12.4. The van der Waals surface area contributed by atoms with Gasteiger partial charge in [-0.2, -0.15) is 0 Å². The average Bonchev–Trinajstić information content (AvgIpc) is 2.44. The quantitative estimate of drug-likeness (QED) is 0.761. The van der Waals surface area contributed by atoms with Gasteiger partial charge in [-0.25, -0.2) is 0 Å². The topological polar surface area (TPSA) is 73.6 Å². The lowest BCUT2D eigenvalue weighted by atomic mass is 10.1. The van der Waals surface area contributed by atoms with E-state index in [2.05, 4.69) is 21.2 Å². The monoisotopic (exact) mass is 380 g/mol. The van der Waals surface area contributed by atoms with Gasteiger partial charge in [-0.15, -0.1) is 12.4 Å². The molecule has 0 aliphatic heterocycles. The molecule has 1 aromatic carbocycles. The maximum absolute atomic E-state index is 11.9. The minimum absolute atomic E-state index is 0. The lowest BCUT2D eigenvalue weighted by molar-refractivity contribution is -0.124. The van der Waals surface area contributed by atoms with E-state index >= 15 is 0 Å². The normalized spacial score (nSPS) is 13.0. The fourth-order valence-corrected chi connectivity index (χ4v) is 2.36. The molecule has 21 heavy (non-hydrogen) atoms. The number of nitrogens with two attached hydrogens (primary N) is 1. The molecule has 0 spiro atoms. The number of nitrogens with one attached hydrogen (secondary N) is 1. The zero-order valence-corrected chi connectivity index (χ0v) is 14.8. The van der Waals surface area contributed by atoms with Crippen LogP contribution < -0.4 is 15.8 Å². The van der Waals surface area contributed by atoms with Gasteiger partial charge in [-0.3, -0.25) is 4.79 Å². The summed E-state index contributed by atoms with van der Waals surface area (Å²) in [6.07, 6.45) is 0.0130. The van der Waals surface area contributed by atoms with Gasteiger partial charge in [-0.05, 0) is 40.5 Å².